The summed E-state index contributed by atoms with van der Waals surface area (Å²) < 4.78 is 6.42. The maximum Gasteiger partial charge on any atom is 0.338 e. The van der Waals surface area contributed by atoms with Gasteiger partial charge in [-0.05, 0) is 36.4 Å². The van der Waals surface area contributed by atoms with E-state index >= 15 is 0 Å². The zero-order valence-corrected chi connectivity index (χ0v) is 13.9. The quantitative estimate of drug-likeness (QED) is 0.720. The number of rotatable bonds is 5. The molecule has 0 saturated heterocycles. The first kappa shape index (κ1) is 16.1. The maximum atomic E-state index is 12.0. The third kappa shape index (κ3) is 3.97. The fourth-order valence-electron chi connectivity index (χ4n) is 2.23. The van der Waals surface area contributed by atoms with Crippen LogP contribution in [0, 0.1) is 0 Å². The number of ether oxygens (including phenoxy) is 1. The number of benzene rings is 2. The van der Waals surface area contributed by atoms with Crippen LogP contribution in [0.5, 0.6) is 0 Å². The van der Waals surface area contributed by atoms with E-state index in [1.54, 1.807) is 35.6 Å². The topological polar surface area (TPSA) is 68.3 Å². The molecule has 0 aliphatic heterocycles. The molecule has 0 aliphatic rings. The van der Waals surface area contributed by atoms with E-state index < -0.39 is 0 Å². The number of hydrogen-bond acceptors (Lipinski definition) is 5. The highest BCUT2D eigenvalue weighted by Gasteiger charge is 2.09. The van der Waals surface area contributed by atoms with Gasteiger partial charge in [0.1, 0.15) is 0 Å². The molecule has 3 rings (SSSR count). The standard InChI is InChI=1S/C18H16N2O3S/c1-12(21)19-14-8-6-13(7-9-14)18(22)23-11-10-17-20-15-4-2-3-5-16(15)24-17/h2-9H,10-11H2,1H3,(H,19,21). The number of nitrogens with zero attached hydrogens (tertiary/aromatic N) is 1. The predicted molar refractivity (Wildman–Crippen MR) is 94.4 cm³/mol. The number of amides is 1. The summed E-state index contributed by atoms with van der Waals surface area (Å²) in [6.07, 6.45) is 0.592. The van der Waals surface area contributed by atoms with Gasteiger partial charge in [0, 0.05) is 19.0 Å². The number of aromatic nitrogens is 1. The summed E-state index contributed by atoms with van der Waals surface area (Å²) >= 11 is 1.61. The Hall–Kier alpha value is -2.73. The van der Waals surface area contributed by atoms with Crippen LogP contribution in [-0.2, 0) is 16.0 Å². The summed E-state index contributed by atoms with van der Waals surface area (Å²) in [6.45, 7) is 1.72. The highest BCUT2D eigenvalue weighted by Crippen LogP contribution is 2.21. The molecule has 2 aromatic carbocycles. The summed E-state index contributed by atoms with van der Waals surface area (Å²) in [7, 11) is 0. The van der Waals surface area contributed by atoms with Gasteiger partial charge in [0.05, 0.1) is 27.4 Å². The van der Waals surface area contributed by atoms with Gasteiger partial charge in [0.25, 0.3) is 0 Å². The molecule has 0 saturated carbocycles. The number of anilines is 1. The van der Waals surface area contributed by atoms with Crippen LogP contribution >= 0.6 is 11.3 Å². The highest BCUT2D eigenvalue weighted by molar-refractivity contribution is 7.18. The van der Waals surface area contributed by atoms with Crippen molar-refractivity contribution in [3.05, 3.63) is 59.1 Å². The van der Waals surface area contributed by atoms with Gasteiger partial charge >= 0.3 is 5.97 Å². The first-order chi connectivity index (χ1) is 11.6. The molecule has 0 fully saturated rings. The van der Waals surface area contributed by atoms with Crippen molar-refractivity contribution in [3.8, 4) is 0 Å². The van der Waals surface area contributed by atoms with Crippen molar-refractivity contribution in [1.82, 2.24) is 4.98 Å². The van der Waals surface area contributed by atoms with Gasteiger partial charge in [-0.15, -0.1) is 11.3 Å². The molecule has 122 valence electrons. The molecule has 24 heavy (non-hydrogen) atoms. The van der Waals surface area contributed by atoms with Gasteiger partial charge in [-0.2, -0.15) is 0 Å². The summed E-state index contributed by atoms with van der Waals surface area (Å²) in [6, 6.07) is 14.5. The Morgan fingerprint density at radius 2 is 1.88 bits per heavy atom. The largest absolute Gasteiger partial charge is 0.462 e. The molecule has 1 amide bonds. The number of carbonyl (C=O) groups is 2. The number of carbonyl (C=O) groups excluding carboxylic acids is 2. The first-order valence-electron chi connectivity index (χ1n) is 7.51. The van der Waals surface area contributed by atoms with Crippen molar-refractivity contribution < 1.29 is 14.3 Å². The van der Waals surface area contributed by atoms with Gasteiger partial charge in [0.15, 0.2) is 0 Å². The van der Waals surface area contributed by atoms with E-state index in [1.807, 2.05) is 24.3 Å². The second-order valence-electron chi connectivity index (χ2n) is 5.22. The van der Waals surface area contributed by atoms with Gasteiger partial charge in [-0.3, -0.25) is 4.79 Å². The monoisotopic (exact) mass is 340 g/mol. The number of para-hydroxylation sites is 1. The smallest absolute Gasteiger partial charge is 0.338 e. The van der Waals surface area contributed by atoms with Crippen LogP contribution in [-0.4, -0.2) is 23.5 Å². The summed E-state index contributed by atoms with van der Waals surface area (Å²) in [5, 5.41) is 3.60. The third-order valence-electron chi connectivity index (χ3n) is 3.33. The molecule has 0 spiro atoms. The number of fused-ring (bicyclic) bond motifs is 1. The number of hydrogen-bond donors (Lipinski definition) is 1. The fourth-order valence-corrected chi connectivity index (χ4v) is 3.18. The van der Waals surface area contributed by atoms with E-state index in [0.717, 1.165) is 15.2 Å². The zero-order chi connectivity index (χ0) is 16.9. The van der Waals surface area contributed by atoms with Crippen LogP contribution in [0.3, 0.4) is 0 Å². The van der Waals surface area contributed by atoms with E-state index in [-0.39, 0.29) is 18.5 Å². The van der Waals surface area contributed by atoms with Crippen LogP contribution in [0.1, 0.15) is 22.3 Å². The zero-order valence-electron chi connectivity index (χ0n) is 13.1. The molecule has 5 nitrogen and oxygen atoms in total. The maximum absolute atomic E-state index is 12.0. The fraction of sp³-hybridized carbons (Fsp3) is 0.167. The minimum Gasteiger partial charge on any atom is -0.462 e. The predicted octanol–water partition coefficient (Wildman–Crippen LogP) is 3.65. The highest BCUT2D eigenvalue weighted by atomic mass is 32.1. The number of esters is 1. The second-order valence-corrected chi connectivity index (χ2v) is 6.33. The number of thiazole rings is 1. The Balaban J connectivity index is 1.54. The SMILES string of the molecule is CC(=O)Nc1ccc(C(=O)OCCc2nc3ccccc3s2)cc1. The van der Waals surface area contributed by atoms with Gasteiger partial charge in [-0.25, -0.2) is 9.78 Å². The van der Waals surface area contributed by atoms with Crippen LogP contribution in [0.2, 0.25) is 0 Å². The van der Waals surface area contributed by atoms with Crippen molar-refractivity contribution in [1.29, 1.82) is 0 Å². The minimum absolute atomic E-state index is 0.152. The molecule has 0 radical (unpaired) electrons. The second kappa shape index (κ2) is 7.23. The Morgan fingerprint density at radius 3 is 2.58 bits per heavy atom. The summed E-state index contributed by atoms with van der Waals surface area (Å²) in [4.78, 5) is 27.5. The molecule has 3 aromatic rings. The Morgan fingerprint density at radius 1 is 1.12 bits per heavy atom. The van der Waals surface area contributed by atoms with E-state index in [2.05, 4.69) is 10.3 Å². The molecule has 0 atom stereocenters. The normalized spacial score (nSPS) is 10.5. The van der Waals surface area contributed by atoms with E-state index in [1.165, 1.54) is 6.92 Å². The molecule has 0 bridgehead atoms. The first-order valence-corrected chi connectivity index (χ1v) is 8.33. The Labute approximate surface area is 143 Å². The van der Waals surface area contributed by atoms with E-state index in [9.17, 15) is 9.59 Å². The molecule has 0 unspecified atom stereocenters. The molecule has 6 heteroatoms. The molecule has 1 heterocycles. The average Bonchev–Trinajstić information content (AvgIpc) is 2.97. The van der Waals surface area contributed by atoms with Gasteiger partial charge < -0.3 is 10.1 Å². The lowest BCUT2D eigenvalue weighted by molar-refractivity contribution is -0.114. The molecular weight excluding hydrogens is 324 g/mol. The summed E-state index contributed by atoms with van der Waals surface area (Å²) in [5.74, 6) is -0.536. The molecular formula is C18H16N2O3S. The van der Waals surface area contributed by atoms with Gasteiger partial charge in [0.2, 0.25) is 5.91 Å². The minimum atomic E-state index is -0.384. The number of nitrogens with one attached hydrogen (secondary N) is 1. The lowest BCUT2D eigenvalue weighted by Crippen LogP contribution is -2.09. The van der Waals surface area contributed by atoms with Crippen LogP contribution < -0.4 is 5.32 Å². The Kier molecular flexibility index (Phi) is 4.86. The van der Waals surface area contributed by atoms with Crippen molar-refractivity contribution in [2.24, 2.45) is 0 Å². The van der Waals surface area contributed by atoms with Crippen LogP contribution in [0.15, 0.2) is 48.5 Å². The molecule has 1 aromatic heterocycles. The Bertz CT molecular complexity index is 838. The van der Waals surface area contributed by atoms with Gasteiger partial charge in [-0.1, -0.05) is 12.1 Å². The van der Waals surface area contributed by atoms with E-state index in [0.29, 0.717) is 17.7 Å². The van der Waals surface area contributed by atoms with Crippen molar-refractivity contribution in [3.63, 3.8) is 0 Å². The molecule has 0 aliphatic carbocycles. The summed E-state index contributed by atoms with van der Waals surface area (Å²) in [5.41, 5.74) is 2.07. The lowest BCUT2D eigenvalue weighted by atomic mass is 10.2. The van der Waals surface area contributed by atoms with Crippen molar-refractivity contribution >= 4 is 39.1 Å². The lowest BCUT2D eigenvalue weighted by Gasteiger charge is -2.05. The van der Waals surface area contributed by atoms with E-state index in [4.69, 9.17) is 4.74 Å². The van der Waals surface area contributed by atoms with Crippen LogP contribution in [0.25, 0.3) is 10.2 Å². The third-order valence-corrected chi connectivity index (χ3v) is 4.42. The van der Waals surface area contributed by atoms with Crippen molar-refractivity contribution in [2.45, 2.75) is 13.3 Å². The molecule has 1 N–H and O–H groups in total. The van der Waals surface area contributed by atoms with Crippen molar-refractivity contribution in [2.75, 3.05) is 11.9 Å². The average molecular weight is 340 g/mol. The van der Waals surface area contributed by atoms with Crippen LogP contribution in [0.4, 0.5) is 5.69 Å².